The molecule has 0 radical (unpaired) electrons. The minimum absolute atomic E-state index is 0.373. The maximum absolute atomic E-state index is 5.81. The first-order valence-corrected chi connectivity index (χ1v) is 19.5. The zero-order chi connectivity index (χ0) is 37.8. The van der Waals surface area contributed by atoms with Crippen molar-refractivity contribution in [2.75, 3.05) is 0 Å². The molecule has 12 rings (SSSR count). The second-order valence-electron chi connectivity index (χ2n) is 15.7. The Morgan fingerprint density at radius 3 is 1.86 bits per heavy atom. The van der Waals surface area contributed by atoms with Crippen molar-refractivity contribution in [3.05, 3.63) is 187 Å². The highest BCUT2D eigenvalue weighted by Crippen LogP contribution is 2.50. The first-order chi connectivity index (χ1) is 28.0. The summed E-state index contributed by atoms with van der Waals surface area (Å²) in [4.78, 5) is 15.9. The fourth-order valence-electron chi connectivity index (χ4n) is 9.39. The Kier molecular flexibility index (Phi) is 6.62. The summed E-state index contributed by atoms with van der Waals surface area (Å²) in [5.41, 5.74) is 13.6. The Labute approximate surface area is 329 Å². The molecule has 0 unspecified atom stereocenters. The van der Waals surface area contributed by atoms with Gasteiger partial charge < -0.3 is 4.57 Å². The number of fused-ring (bicyclic) bond motifs is 10. The van der Waals surface area contributed by atoms with Gasteiger partial charge in [0.25, 0.3) is 0 Å². The van der Waals surface area contributed by atoms with Crippen molar-refractivity contribution in [1.29, 1.82) is 0 Å². The first-order valence-electron chi connectivity index (χ1n) is 19.5. The number of pyridine rings is 1. The molecule has 0 bridgehead atoms. The Bertz CT molecular complexity index is 3430. The van der Waals surface area contributed by atoms with Crippen LogP contribution in [0.3, 0.4) is 0 Å². The predicted octanol–water partition coefficient (Wildman–Crippen LogP) is 12.9. The average molecular weight is 730 g/mol. The summed E-state index contributed by atoms with van der Waals surface area (Å²) in [5.74, 6) is 0.815. The maximum atomic E-state index is 5.81. The van der Waals surface area contributed by atoms with Crippen LogP contribution in [0.1, 0.15) is 25.1 Å². The molecule has 57 heavy (non-hydrogen) atoms. The summed E-state index contributed by atoms with van der Waals surface area (Å²) in [6.45, 7) is 4.57. The Morgan fingerprint density at radius 2 is 1.07 bits per heavy atom. The van der Waals surface area contributed by atoms with E-state index in [0.29, 0.717) is 0 Å². The summed E-state index contributed by atoms with van der Waals surface area (Å²) in [6, 6.07) is 59.0. The van der Waals surface area contributed by atoms with Crippen LogP contribution in [0.5, 0.6) is 0 Å². The van der Waals surface area contributed by atoms with E-state index in [4.69, 9.17) is 9.97 Å². The average Bonchev–Trinajstić information content (AvgIpc) is 3.84. The fraction of sp³-hybridized carbons (Fsp3) is 0.0577. The summed E-state index contributed by atoms with van der Waals surface area (Å²) in [5, 5.41) is 7.20. The van der Waals surface area contributed by atoms with E-state index in [9.17, 15) is 0 Å². The third-order valence-electron chi connectivity index (χ3n) is 12.1. The van der Waals surface area contributed by atoms with Gasteiger partial charge in [0.1, 0.15) is 5.69 Å². The molecule has 5 nitrogen and oxygen atoms in total. The molecule has 1 aliphatic rings. The van der Waals surface area contributed by atoms with Crippen molar-refractivity contribution < 1.29 is 0 Å². The number of hydrogen-bond acceptors (Lipinski definition) is 3. The van der Waals surface area contributed by atoms with Crippen LogP contribution in [0.25, 0.3) is 99.5 Å². The minimum atomic E-state index is -0.373. The van der Waals surface area contributed by atoms with E-state index < -0.39 is 0 Å². The predicted molar refractivity (Wildman–Crippen MR) is 234 cm³/mol. The van der Waals surface area contributed by atoms with Gasteiger partial charge in [-0.3, -0.25) is 9.55 Å². The zero-order valence-electron chi connectivity index (χ0n) is 31.5. The lowest BCUT2D eigenvalue weighted by molar-refractivity contribution is 0.635. The van der Waals surface area contributed by atoms with Crippen molar-refractivity contribution in [3.63, 3.8) is 0 Å². The molecule has 268 valence electrons. The highest BCUT2D eigenvalue weighted by atomic mass is 15.1. The van der Waals surface area contributed by atoms with E-state index in [1.165, 1.54) is 43.4 Å². The maximum Gasteiger partial charge on any atom is 0.165 e. The SMILES string of the molecule is CC1(C)c2ccc(-c3ccncc3)cc2-c2nc(-n3c4ccccc4c4cc5ccccc5cc43)c(-c3ccc4c5ccccc5n(-c5ccccc5)c4c3)nc21. The van der Waals surface area contributed by atoms with Gasteiger partial charge in [-0.1, -0.05) is 117 Å². The second kappa shape index (κ2) is 11.8. The Hall–Kier alpha value is -7.37. The molecule has 4 aromatic heterocycles. The van der Waals surface area contributed by atoms with Crippen LogP contribution < -0.4 is 0 Å². The Morgan fingerprint density at radius 1 is 0.439 bits per heavy atom. The molecular formula is C52H35N5. The van der Waals surface area contributed by atoms with Crippen LogP contribution in [0.2, 0.25) is 0 Å². The van der Waals surface area contributed by atoms with E-state index >= 15 is 0 Å². The summed E-state index contributed by atoms with van der Waals surface area (Å²) in [6.07, 6.45) is 3.70. The van der Waals surface area contributed by atoms with E-state index in [2.05, 4.69) is 192 Å². The minimum Gasteiger partial charge on any atom is -0.309 e. The fourth-order valence-corrected chi connectivity index (χ4v) is 9.39. The monoisotopic (exact) mass is 729 g/mol. The Balaban J connectivity index is 1.20. The van der Waals surface area contributed by atoms with Crippen LogP contribution in [0, 0.1) is 0 Å². The number of aromatic nitrogens is 5. The molecule has 0 atom stereocenters. The van der Waals surface area contributed by atoms with E-state index in [0.717, 1.165) is 67.4 Å². The molecule has 4 heterocycles. The van der Waals surface area contributed by atoms with Crippen molar-refractivity contribution in [2.24, 2.45) is 0 Å². The van der Waals surface area contributed by atoms with E-state index in [1.54, 1.807) is 0 Å². The van der Waals surface area contributed by atoms with Gasteiger partial charge in [-0.05, 0) is 88.1 Å². The topological polar surface area (TPSA) is 48.5 Å². The van der Waals surface area contributed by atoms with Gasteiger partial charge in [-0.25, -0.2) is 9.97 Å². The summed E-state index contributed by atoms with van der Waals surface area (Å²) < 4.78 is 4.73. The van der Waals surface area contributed by atoms with Gasteiger partial charge in [0.05, 0.1) is 33.5 Å². The van der Waals surface area contributed by atoms with Crippen molar-refractivity contribution >= 4 is 54.4 Å². The zero-order valence-corrected chi connectivity index (χ0v) is 31.5. The lowest BCUT2D eigenvalue weighted by atomic mass is 9.84. The van der Waals surface area contributed by atoms with Crippen molar-refractivity contribution in [1.82, 2.24) is 24.1 Å². The van der Waals surface area contributed by atoms with Gasteiger partial charge in [0, 0.05) is 56.2 Å². The number of nitrogens with zero attached hydrogens (tertiary/aromatic N) is 5. The first kappa shape index (κ1) is 31.9. The molecule has 7 aromatic carbocycles. The van der Waals surface area contributed by atoms with Gasteiger partial charge in [0.15, 0.2) is 5.82 Å². The highest BCUT2D eigenvalue weighted by Gasteiger charge is 2.40. The van der Waals surface area contributed by atoms with Crippen molar-refractivity contribution in [2.45, 2.75) is 19.3 Å². The standard InChI is InChI=1S/C52H35N5/c1-52(2)43-23-21-35(32-24-26-53-27-25-32)29-42(43)49-50(52)54-48(36-20-22-40-38-16-8-10-18-44(38)56(46(40)31-36)37-14-4-3-5-15-37)51(55-49)57-45-19-11-9-17-39(45)41-28-33-12-6-7-13-34(33)30-47(41)57/h3-31H,1-2H3. The quantitative estimate of drug-likeness (QED) is 0.181. The summed E-state index contributed by atoms with van der Waals surface area (Å²) in [7, 11) is 0. The van der Waals surface area contributed by atoms with Crippen LogP contribution >= 0.6 is 0 Å². The summed E-state index contributed by atoms with van der Waals surface area (Å²) >= 11 is 0. The third kappa shape index (κ3) is 4.60. The molecule has 11 aromatic rings. The molecule has 5 heteroatoms. The smallest absolute Gasteiger partial charge is 0.165 e. The second-order valence-corrected chi connectivity index (χ2v) is 15.7. The van der Waals surface area contributed by atoms with Gasteiger partial charge >= 0.3 is 0 Å². The van der Waals surface area contributed by atoms with Crippen molar-refractivity contribution in [3.8, 4) is 45.1 Å². The van der Waals surface area contributed by atoms with Gasteiger partial charge in [0.2, 0.25) is 0 Å². The van der Waals surface area contributed by atoms with E-state index in [-0.39, 0.29) is 5.41 Å². The van der Waals surface area contributed by atoms with Crippen LogP contribution in [0.4, 0.5) is 0 Å². The normalized spacial score (nSPS) is 13.2. The van der Waals surface area contributed by atoms with Gasteiger partial charge in [-0.2, -0.15) is 0 Å². The molecule has 1 aliphatic carbocycles. The van der Waals surface area contributed by atoms with Crippen LogP contribution in [0.15, 0.2) is 176 Å². The molecule has 0 fully saturated rings. The largest absolute Gasteiger partial charge is 0.309 e. The molecule has 0 spiro atoms. The molecule has 0 amide bonds. The lowest BCUT2D eigenvalue weighted by Crippen LogP contribution is -2.18. The molecule has 0 N–H and O–H groups in total. The van der Waals surface area contributed by atoms with E-state index in [1.807, 2.05) is 12.4 Å². The number of rotatable bonds is 4. The van der Waals surface area contributed by atoms with Gasteiger partial charge in [-0.15, -0.1) is 0 Å². The molecule has 0 saturated carbocycles. The highest BCUT2D eigenvalue weighted by molar-refractivity contribution is 6.14. The molecular weight excluding hydrogens is 695 g/mol. The molecule has 0 saturated heterocycles. The number of para-hydroxylation sites is 3. The number of benzene rings is 7. The van der Waals surface area contributed by atoms with Crippen LogP contribution in [-0.2, 0) is 5.41 Å². The molecule has 0 aliphatic heterocycles. The van der Waals surface area contributed by atoms with Crippen LogP contribution in [-0.4, -0.2) is 24.1 Å². The lowest BCUT2D eigenvalue weighted by Gasteiger charge is -2.22. The third-order valence-corrected chi connectivity index (χ3v) is 12.1. The number of hydrogen-bond donors (Lipinski definition) is 0.